The molecule has 3 nitrogen and oxygen atoms in total. The summed E-state index contributed by atoms with van der Waals surface area (Å²) in [7, 11) is 0. The number of halogens is 4. The van der Waals surface area contributed by atoms with Gasteiger partial charge in [-0.3, -0.25) is 9.59 Å². The molecule has 0 heterocycles. The van der Waals surface area contributed by atoms with Crippen molar-refractivity contribution in [3.63, 3.8) is 0 Å². The SMILES string of the molecule is CC(=O)C(Br)c1ccc(SC(F)(F)F)cc1CC(=O)O. The molecule has 1 aromatic carbocycles. The molecule has 0 saturated heterocycles. The molecule has 0 aliphatic rings. The summed E-state index contributed by atoms with van der Waals surface area (Å²) in [5, 5.41) is 8.81. The summed E-state index contributed by atoms with van der Waals surface area (Å²) in [5.41, 5.74) is -3.90. The minimum atomic E-state index is -4.45. The summed E-state index contributed by atoms with van der Waals surface area (Å²) in [6.07, 6.45) is -0.447. The topological polar surface area (TPSA) is 54.4 Å². The predicted molar refractivity (Wildman–Crippen MR) is 72.0 cm³/mol. The molecule has 0 fully saturated rings. The highest BCUT2D eigenvalue weighted by Crippen LogP contribution is 2.39. The second-order valence-electron chi connectivity index (χ2n) is 3.95. The minimum Gasteiger partial charge on any atom is -0.481 e. The Morgan fingerprint density at radius 2 is 2.00 bits per heavy atom. The highest BCUT2D eigenvalue weighted by Gasteiger charge is 2.30. The number of rotatable bonds is 5. The van der Waals surface area contributed by atoms with Crippen LogP contribution in [0, 0.1) is 0 Å². The normalized spacial score (nSPS) is 13.1. The molecule has 0 aliphatic heterocycles. The molecule has 1 rings (SSSR count). The molecule has 20 heavy (non-hydrogen) atoms. The van der Waals surface area contributed by atoms with Gasteiger partial charge in [0.15, 0.2) is 0 Å². The van der Waals surface area contributed by atoms with Gasteiger partial charge in [-0.2, -0.15) is 13.2 Å². The van der Waals surface area contributed by atoms with Crippen molar-refractivity contribution in [2.24, 2.45) is 0 Å². The van der Waals surface area contributed by atoms with Crippen molar-refractivity contribution >= 4 is 39.4 Å². The molecular formula is C12H10BrF3O3S. The fourth-order valence-electron chi connectivity index (χ4n) is 1.56. The van der Waals surface area contributed by atoms with E-state index in [-0.39, 0.29) is 28.0 Å². The lowest BCUT2D eigenvalue weighted by atomic mass is 10.0. The Morgan fingerprint density at radius 3 is 2.45 bits per heavy atom. The third kappa shape index (κ3) is 5.16. The Balaban J connectivity index is 3.19. The van der Waals surface area contributed by atoms with Gasteiger partial charge in [0, 0.05) is 4.90 Å². The van der Waals surface area contributed by atoms with E-state index in [2.05, 4.69) is 15.9 Å². The van der Waals surface area contributed by atoms with Crippen molar-refractivity contribution in [2.45, 2.75) is 28.6 Å². The molecule has 0 aliphatic carbocycles. The molecule has 0 radical (unpaired) electrons. The van der Waals surface area contributed by atoms with E-state index in [0.29, 0.717) is 5.56 Å². The monoisotopic (exact) mass is 370 g/mol. The van der Waals surface area contributed by atoms with Gasteiger partial charge in [0.2, 0.25) is 0 Å². The number of Topliss-reactive ketones (excluding diaryl/α,β-unsaturated/α-hetero) is 1. The Labute approximate surface area is 125 Å². The molecule has 110 valence electrons. The first kappa shape index (κ1) is 17.0. The number of carboxylic acids is 1. The predicted octanol–water partition coefficient (Wildman–Crippen LogP) is 3.95. The van der Waals surface area contributed by atoms with E-state index in [9.17, 15) is 22.8 Å². The average Bonchev–Trinajstić information content (AvgIpc) is 2.25. The van der Waals surface area contributed by atoms with Gasteiger partial charge in [0.25, 0.3) is 0 Å². The van der Waals surface area contributed by atoms with E-state index in [1.54, 1.807) is 0 Å². The molecule has 1 unspecified atom stereocenters. The van der Waals surface area contributed by atoms with Crippen LogP contribution in [0.4, 0.5) is 13.2 Å². The third-order valence-electron chi connectivity index (χ3n) is 2.32. The Bertz CT molecular complexity index is 531. The van der Waals surface area contributed by atoms with Gasteiger partial charge < -0.3 is 5.11 Å². The van der Waals surface area contributed by atoms with Crippen molar-refractivity contribution in [1.82, 2.24) is 0 Å². The quantitative estimate of drug-likeness (QED) is 0.629. The Hall–Kier alpha value is -1.02. The molecule has 1 aromatic rings. The number of carbonyl (C=O) groups excluding carboxylic acids is 1. The lowest BCUT2D eigenvalue weighted by Crippen LogP contribution is -2.09. The van der Waals surface area contributed by atoms with Gasteiger partial charge in [-0.15, -0.1) is 0 Å². The maximum absolute atomic E-state index is 12.3. The number of hydrogen-bond acceptors (Lipinski definition) is 3. The number of alkyl halides is 4. The number of aliphatic carboxylic acids is 1. The molecular weight excluding hydrogens is 361 g/mol. The van der Waals surface area contributed by atoms with Crippen LogP contribution < -0.4 is 0 Å². The van der Waals surface area contributed by atoms with Gasteiger partial charge in [0.1, 0.15) is 5.78 Å². The zero-order valence-corrected chi connectivity index (χ0v) is 12.6. The maximum Gasteiger partial charge on any atom is 0.446 e. The van der Waals surface area contributed by atoms with Crippen molar-refractivity contribution in [3.8, 4) is 0 Å². The van der Waals surface area contributed by atoms with Crippen LogP contribution in [0.25, 0.3) is 0 Å². The summed E-state index contributed by atoms with van der Waals surface area (Å²) in [5.74, 6) is -1.43. The maximum atomic E-state index is 12.3. The first-order chi connectivity index (χ1) is 9.10. The van der Waals surface area contributed by atoms with Crippen molar-refractivity contribution in [1.29, 1.82) is 0 Å². The first-order valence-electron chi connectivity index (χ1n) is 5.35. The Kier molecular flexibility index (Phi) is 5.64. The first-order valence-corrected chi connectivity index (χ1v) is 7.08. The third-order valence-corrected chi connectivity index (χ3v) is 4.18. The Morgan fingerprint density at radius 1 is 1.40 bits per heavy atom. The summed E-state index contributed by atoms with van der Waals surface area (Å²) >= 11 is 2.78. The largest absolute Gasteiger partial charge is 0.481 e. The van der Waals surface area contributed by atoms with Crippen LogP contribution in [0.3, 0.4) is 0 Å². The molecule has 0 spiro atoms. The number of ketones is 1. The molecule has 0 aromatic heterocycles. The molecule has 0 bridgehead atoms. The van der Waals surface area contributed by atoms with Crippen LogP contribution in [0.1, 0.15) is 22.9 Å². The van der Waals surface area contributed by atoms with Crippen LogP contribution >= 0.6 is 27.7 Å². The van der Waals surface area contributed by atoms with E-state index < -0.39 is 22.7 Å². The fraction of sp³-hybridized carbons (Fsp3) is 0.333. The highest BCUT2D eigenvalue weighted by atomic mass is 79.9. The van der Waals surface area contributed by atoms with E-state index in [4.69, 9.17) is 5.11 Å². The van der Waals surface area contributed by atoms with Gasteiger partial charge in [-0.05, 0) is 41.9 Å². The second kappa shape index (κ2) is 6.62. The summed E-state index contributed by atoms with van der Waals surface area (Å²) in [4.78, 5) is 21.3. The number of carboxylic acid groups (broad SMARTS) is 1. The highest BCUT2D eigenvalue weighted by molar-refractivity contribution is 9.09. The van der Waals surface area contributed by atoms with Crippen LogP contribution in [0.2, 0.25) is 0 Å². The van der Waals surface area contributed by atoms with Crippen LogP contribution in [0.15, 0.2) is 23.1 Å². The molecule has 1 atom stereocenters. The number of benzene rings is 1. The van der Waals surface area contributed by atoms with E-state index in [1.165, 1.54) is 19.1 Å². The van der Waals surface area contributed by atoms with Crippen LogP contribution in [0.5, 0.6) is 0 Å². The molecule has 0 saturated carbocycles. The second-order valence-corrected chi connectivity index (χ2v) is 6.01. The lowest BCUT2D eigenvalue weighted by molar-refractivity contribution is -0.136. The van der Waals surface area contributed by atoms with Gasteiger partial charge in [0.05, 0.1) is 11.2 Å². The van der Waals surface area contributed by atoms with Gasteiger partial charge in [-0.25, -0.2) is 0 Å². The molecule has 0 amide bonds. The lowest BCUT2D eigenvalue weighted by Gasteiger charge is -2.14. The van der Waals surface area contributed by atoms with Crippen LogP contribution in [-0.4, -0.2) is 22.4 Å². The number of hydrogen-bond donors (Lipinski definition) is 1. The summed E-state index contributed by atoms with van der Waals surface area (Å²) in [6, 6.07) is 3.71. The van der Waals surface area contributed by atoms with E-state index in [1.807, 2.05) is 0 Å². The van der Waals surface area contributed by atoms with Crippen molar-refractivity contribution in [2.75, 3.05) is 0 Å². The summed E-state index contributed by atoms with van der Waals surface area (Å²) < 4.78 is 36.9. The van der Waals surface area contributed by atoms with Crippen molar-refractivity contribution in [3.05, 3.63) is 29.3 Å². The van der Waals surface area contributed by atoms with Crippen molar-refractivity contribution < 1.29 is 27.9 Å². The number of carbonyl (C=O) groups is 2. The number of thioether (sulfide) groups is 1. The average molecular weight is 371 g/mol. The zero-order valence-electron chi connectivity index (χ0n) is 10.2. The van der Waals surface area contributed by atoms with E-state index in [0.717, 1.165) is 6.07 Å². The minimum absolute atomic E-state index is 0.110. The van der Waals surface area contributed by atoms with Gasteiger partial charge in [-0.1, -0.05) is 22.0 Å². The smallest absolute Gasteiger partial charge is 0.446 e. The molecule has 1 N–H and O–H groups in total. The van der Waals surface area contributed by atoms with E-state index >= 15 is 0 Å². The summed E-state index contributed by atoms with van der Waals surface area (Å²) in [6.45, 7) is 1.31. The molecule has 8 heteroatoms. The standard InChI is InChI=1S/C12H10BrF3O3S/c1-6(17)11(13)9-3-2-8(20-12(14,15)16)4-7(9)5-10(18)19/h2-4,11H,5H2,1H3,(H,18,19). The fourth-order valence-corrected chi connectivity index (χ4v) is 2.61. The zero-order chi connectivity index (χ0) is 15.5. The van der Waals surface area contributed by atoms with Crippen LogP contribution in [-0.2, 0) is 16.0 Å². The van der Waals surface area contributed by atoms with Gasteiger partial charge >= 0.3 is 11.5 Å².